The first-order chi connectivity index (χ1) is 14.0. The Morgan fingerprint density at radius 1 is 1.21 bits per heavy atom. The standard InChI is InChI=1S/C23H26IN2O3/c1-16(2)28-20-14-19(12-13-24-15-20)22-25-23(29-26-22)17(3)8-7-11-21(27)18-9-5-4-6-10-18/h4-6,9-10,12-17H,7-8,11H2,1-3H3/q-1/t17-/m1/s1. The number of ketones is 1. The molecular weight excluding hydrogens is 479 g/mol. The second-order valence-corrected chi connectivity index (χ2v) is 9.30. The molecule has 0 amide bonds. The fourth-order valence-corrected chi connectivity index (χ4v) is 4.40. The summed E-state index contributed by atoms with van der Waals surface area (Å²) in [6.45, 7) is 6.09. The van der Waals surface area contributed by atoms with Crippen molar-refractivity contribution in [3.63, 3.8) is 0 Å². The summed E-state index contributed by atoms with van der Waals surface area (Å²) in [4.78, 5) is 16.8. The SMILES string of the molecule is CC(C)OC1=C[I-]C=CC(c2noc([C@H](C)CCCC(=O)c3ccccc3)n2)=C1. The summed E-state index contributed by atoms with van der Waals surface area (Å²) in [6.07, 6.45) is 6.27. The van der Waals surface area contributed by atoms with Crippen LogP contribution >= 0.6 is 0 Å². The predicted molar refractivity (Wildman–Crippen MR) is 109 cm³/mol. The summed E-state index contributed by atoms with van der Waals surface area (Å²) in [5.41, 5.74) is 1.66. The number of rotatable bonds is 9. The monoisotopic (exact) mass is 505 g/mol. The van der Waals surface area contributed by atoms with Crippen LogP contribution in [-0.4, -0.2) is 22.0 Å². The molecule has 1 aliphatic heterocycles. The van der Waals surface area contributed by atoms with Crippen molar-refractivity contribution in [1.29, 1.82) is 0 Å². The molecule has 0 spiro atoms. The maximum atomic E-state index is 12.2. The van der Waals surface area contributed by atoms with Gasteiger partial charge in [-0.05, 0) is 0 Å². The van der Waals surface area contributed by atoms with E-state index < -0.39 is 0 Å². The van der Waals surface area contributed by atoms with E-state index >= 15 is 0 Å². The number of benzene rings is 1. The van der Waals surface area contributed by atoms with Gasteiger partial charge in [0.25, 0.3) is 0 Å². The third kappa shape index (κ3) is 6.39. The summed E-state index contributed by atoms with van der Waals surface area (Å²) in [6, 6.07) is 9.42. The summed E-state index contributed by atoms with van der Waals surface area (Å²) >= 11 is -0.182. The van der Waals surface area contributed by atoms with E-state index in [0.717, 1.165) is 29.7 Å². The van der Waals surface area contributed by atoms with Gasteiger partial charge >= 0.3 is 152 Å². The van der Waals surface area contributed by atoms with Crippen LogP contribution in [0.5, 0.6) is 0 Å². The maximum absolute atomic E-state index is 12.2. The van der Waals surface area contributed by atoms with Gasteiger partial charge in [0, 0.05) is 0 Å². The Balaban J connectivity index is 1.58. The molecule has 2 heterocycles. The van der Waals surface area contributed by atoms with Crippen LogP contribution in [0.1, 0.15) is 68.0 Å². The Kier molecular flexibility index (Phi) is 7.80. The van der Waals surface area contributed by atoms with Crippen LogP contribution in [0.4, 0.5) is 0 Å². The molecule has 3 rings (SSSR count). The Morgan fingerprint density at radius 3 is 2.76 bits per heavy atom. The first-order valence-corrected chi connectivity index (χ1v) is 12.3. The normalized spacial score (nSPS) is 15.2. The fraction of sp³-hybridized carbons (Fsp3) is 0.348. The van der Waals surface area contributed by atoms with E-state index in [1.807, 2.05) is 56.3 Å². The molecule has 0 fully saturated rings. The number of aromatic nitrogens is 2. The van der Waals surface area contributed by atoms with E-state index in [-0.39, 0.29) is 39.0 Å². The number of halogens is 1. The predicted octanol–water partition coefficient (Wildman–Crippen LogP) is 2.49. The minimum absolute atomic E-state index is 0.101. The van der Waals surface area contributed by atoms with Crippen LogP contribution in [0.15, 0.2) is 60.9 Å². The van der Waals surface area contributed by atoms with E-state index in [4.69, 9.17) is 9.26 Å². The van der Waals surface area contributed by atoms with Gasteiger partial charge in [-0.15, -0.1) is 0 Å². The van der Waals surface area contributed by atoms with Crippen LogP contribution < -0.4 is 21.2 Å². The molecule has 0 saturated heterocycles. The summed E-state index contributed by atoms with van der Waals surface area (Å²) in [5.74, 6) is 2.32. The van der Waals surface area contributed by atoms with Gasteiger partial charge in [-0.25, -0.2) is 0 Å². The first-order valence-electron chi connectivity index (χ1n) is 9.82. The van der Waals surface area contributed by atoms with Gasteiger partial charge in [0.2, 0.25) is 0 Å². The zero-order chi connectivity index (χ0) is 20.6. The molecule has 0 saturated carbocycles. The molecule has 1 aromatic heterocycles. The topological polar surface area (TPSA) is 65.2 Å². The molecule has 6 heteroatoms. The van der Waals surface area contributed by atoms with Gasteiger partial charge in [0.05, 0.1) is 0 Å². The molecule has 5 nitrogen and oxygen atoms in total. The molecule has 0 aliphatic carbocycles. The van der Waals surface area contributed by atoms with Crippen molar-refractivity contribution in [3.8, 4) is 0 Å². The number of Topliss-reactive ketones (excluding diaryl/α,β-unsaturated/α-hetero) is 1. The fourth-order valence-electron chi connectivity index (χ4n) is 2.92. The molecule has 29 heavy (non-hydrogen) atoms. The molecule has 0 radical (unpaired) electrons. The number of carbonyl (C=O) groups is 1. The Morgan fingerprint density at radius 2 is 2.00 bits per heavy atom. The zero-order valence-corrected chi connectivity index (χ0v) is 19.1. The van der Waals surface area contributed by atoms with Crippen molar-refractivity contribution < 1.29 is 35.3 Å². The van der Waals surface area contributed by atoms with Crippen LogP contribution in [0.25, 0.3) is 5.57 Å². The van der Waals surface area contributed by atoms with Crippen molar-refractivity contribution in [2.45, 2.75) is 52.1 Å². The summed E-state index contributed by atoms with van der Waals surface area (Å²) in [7, 11) is 0. The van der Waals surface area contributed by atoms with Crippen molar-refractivity contribution >= 4 is 11.4 Å². The minimum atomic E-state index is -0.182. The molecule has 1 atom stereocenters. The second kappa shape index (κ2) is 10.5. The van der Waals surface area contributed by atoms with E-state index in [1.54, 1.807) is 0 Å². The number of nitrogens with zero attached hydrogens (tertiary/aromatic N) is 2. The number of carbonyl (C=O) groups excluding carboxylic acids is 1. The third-order valence-electron chi connectivity index (χ3n) is 4.41. The van der Waals surface area contributed by atoms with Crippen molar-refractivity contribution in [1.82, 2.24) is 10.1 Å². The average Bonchev–Trinajstić information content (AvgIpc) is 3.09. The van der Waals surface area contributed by atoms with Crippen LogP contribution in [-0.2, 0) is 4.74 Å². The quantitative estimate of drug-likeness (QED) is 0.387. The van der Waals surface area contributed by atoms with Gasteiger partial charge < -0.3 is 0 Å². The summed E-state index contributed by atoms with van der Waals surface area (Å²) in [5, 5.41) is 4.16. The Labute approximate surface area is 182 Å². The third-order valence-corrected chi connectivity index (χ3v) is 6.16. The van der Waals surface area contributed by atoms with E-state index in [0.29, 0.717) is 18.1 Å². The van der Waals surface area contributed by atoms with Crippen LogP contribution in [0.2, 0.25) is 0 Å². The molecule has 1 aliphatic rings. The second-order valence-electron chi connectivity index (χ2n) is 7.24. The molecule has 2 aromatic rings. The van der Waals surface area contributed by atoms with Gasteiger partial charge in [0.1, 0.15) is 0 Å². The van der Waals surface area contributed by atoms with Gasteiger partial charge in [-0.3, -0.25) is 0 Å². The zero-order valence-electron chi connectivity index (χ0n) is 17.0. The molecule has 154 valence electrons. The van der Waals surface area contributed by atoms with E-state index in [1.165, 1.54) is 0 Å². The average molecular weight is 505 g/mol. The Hall–Kier alpha value is -2.22. The summed E-state index contributed by atoms with van der Waals surface area (Å²) < 4.78 is 15.7. The number of allylic oxidation sites excluding steroid dienone is 3. The Bertz CT molecular complexity index is 913. The molecular formula is C23H26IN2O3-. The van der Waals surface area contributed by atoms with Crippen molar-refractivity contribution in [3.05, 3.63) is 73.7 Å². The number of hydrogen-bond donors (Lipinski definition) is 0. The van der Waals surface area contributed by atoms with Gasteiger partial charge in [0.15, 0.2) is 0 Å². The van der Waals surface area contributed by atoms with Crippen molar-refractivity contribution in [2.75, 3.05) is 0 Å². The van der Waals surface area contributed by atoms with Crippen molar-refractivity contribution in [2.24, 2.45) is 0 Å². The van der Waals surface area contributed by atoms with E-state index in [9.17, 15) is 4.79 Å². The van der Waals surface area contributed by atoms with Gasteiger partial charge in [-0.1, -0.05) is 30.3 Å². The first kappa shape index (κ1) is 21.5. The van der Waals surface area contributed by atoms with Crippen LogP contribution in [0, 0.1) is 0 Å². The molecule has 1 aromatic carbocycles. The van der Waals surface area contributed by atoms with Crippen LogP contribution in [0.3, 0.4) is 0 Å². The van der Waals surface area contributed by atoms with E-state index in [2.05, 4.69) is 25.2 Å². The molecule has 0 N–H and O–H groups in total. The number of hydrogen-bond acceptors (Lipinski definition) is 5. The van der Waals surface area contributed by atoms with Gasteiger partial charge in [-0.2, -0.15) is 0 Å². The number of ether oxygens (including phenoxy) is 1. The molecule has 0 bridgehead atoms. The molecule has 0 unspecified atom stereocenters.